The zero-order chi connectivity index (χ0) is 22.9. The van der Waals surface area contributed by atoms with Gasteiger partial charge < -0.3 is 9.80 Å². The Morgan fingerprint density at radius 1 is 1.00 bits per heavy atom. The Labute approximate surface area is 194 Å². The maximum absolute atomic E-state index is 13.5. The van der Waals surface area contributed by atoms with Crippen molar-refractivity contribution in [2.45, 2.75) is 31.8 Å². The average molecular weight is 461 g/mol. The summed E-state index contributed by atoms with van der Waals surface area (Å²) in [4.78, 5) is 39.4. The lowest BCUT2D eigenvalue weighted by molar-refractivity contribution is -0.119. The quantitative estimate of drug-likeness (QED) is 0.467. The van der Waals surface area contributed by atoms with Crippen molar-refractivity contribution in [3.8, 4) is 11.6 Å². The molecule has 0 saturated heterocycles. The van der Waals surface area contributed by atoms with Crippen molar-refractivity contribution in [1.82, 2.24) is 19.3 Å². The number of carbonyl (C=O) groups excluding carboxylic acids is 1. The molecule has 166 valence electrons. The molecule has 1 aliphatic carbocycles. The van der Waals surface area contributed by atoms with Gasteiger partial charge in [0.15, 0.2) is 5.82 Å². The molecule has 4 aromatic rings. The molecule has 1 aliphatic heterocycles. The molecule has 0 radical (unpaired) electrons. The van der Waals surface area contributed by atoms with Gasteiger partial charge in [-0.15, -0.1) is 0 Å². The van der Waals surface area contributed by atoms with Crippen LogP contribution in [0.5, 0.6) is 0 Å². The van der Waals surface area contributed by atoms with Gasteiger partial charge >= 0.3 is 0 Å². The Bertz CT molecular complexity index is 1470. The van der Waals surface area contributed by atoms with E-state index in [4.69, 9.17) is 16.6 Å². The Kier molecular flexibility index (Phi) is 4.35. The minimum atomic E-state index is -0.323. The summed E-state index contributed by atoms with van der Waals surface area (Å²) in [6.07, 6.45) is 3.67. The number of anilines is 2. The number of halogens is 1. The number of aromatic nitrogens is 4. The number of hydrogen-bond acceptors (Lipinski definition) is 5. The summed E-state index contributed by atoms with van der Waals surface area (Å²) in [5.74, 6) is 0.945. The fourth-order valence-corrected chi connectivity index (χ4v) is 4.72. The molecular weight excluding hydrogens is 440 g/mol. The lowest BCUT2D eigenvalue weighted by Gasteiger charge is -2.39. The fourth-order valence-electron chi connectivity index (χ4n) is 4.60. The van der Waals surface area contributed by atoms with Crippen LogP contribution in [0, 0.1) is 0 Å². The zero-order valence-corrected chi connectivity index (χ0v) is 18.9. The number of likely N-dealkylation sites (N-methyl/N-ethyl adjacent to an activating group) is 1. The number of fused-ring (bicyclic) bond motifs is 2. The highest BCUT2D eigenvalue weighted by atomic mass is 35.5. The molecule has 3 heterocycles. The summed E-state index contributed by atoms with van der Waals surface area (Å²) in [6, 6.07) is 14.7. The Morgan fingerprint density at radius 3 is 2.45 bits per heavy atom. The highest BCUT2D eigenvalue weighted by Crippen LogP contribution is 2.41. The number of carbonyl (C=O) groups is 1. The number of hydrogen-bond donors (Lipinski definition) is 0. The standard InChI is InChI=1S/C24H21ClN6O2/c1-14-22(32)28(2)20-13-26-24(27-21(20)29(14)16-11-12-16)31-23(33)18-5-3-4-6-19(18)30(31)17-9-7-15(25)8-10-17/h3-10,13-14,16H,11-12H2,1-2H3. The largest absolute Gasteiger partial charge is 0.340 e. The van der Waals surface area contributed by atoms with Gasteiger partial charge in [0.2, 0.25) is 5.91 Å². The van der Waals surface area contributed by atoms with E-state index in [-0.39, 0.29) is 29.5 Å². The summed E-state index contributed by atoms with van der Waals surface area (Å²) in [6.45, 7) is 1.90. The molecule has 1 atom stereocenters. The van der Waals surface area contributed by atoms with Crippen molar-refractivity contribution < 1.29 is 4.79 Å². The summed E-state index contributed by atoms with van der Waals surface area (Å²) in [7, 11) is 1.74. The molecule has 2 aromatic carbocycles. The molecule has 0 spiro atoms. The summed E-state index contributed by atoms with van der Waals surface area (Å²) in [5, 5.41) is 1.17. The summed E-state index contributed by atoms with van der Waals surface area (Å²) in [5.41, 5.74) is 1.94. The van der Waals surface area contributed by atoms with Gasteiger partial charge in [0.05, 0.1) is 22.8 Å². The monoisotopic (exact) mass is 460 g/mol. The van der Waals surface area contributed by atoms with Crippen molar-refractivity contribution in [2.24, 2.45) is 0 Å². The first-order chi connectivity index (χ1) is 16.0. The first-order valence-corrected chi connectivity index (χ1v) is 11.3. The molecule has 8 nitrogen and oxygen atoms in total. The van der Waals surface area contributed by atoms with E-state index in [1.165, 1.54) is 4.68 Å². The molecule has 9 heteroatoms. The predicted octanol–water partition coefficient (Wildman–Crippen LogP) is 3.56. The van der Waals surface area contributed by atoms with Gasteiger partial charge in [-0.05, 0) is 56.2 Å². The predicted molar refractivity (Wildman–Crippen MR) is 128 cm³/mol. The van der Waals surface area contributed by atoms with Gasteiger partial charge in [0.25, 0.3) is 11.5 Å². The molecule has 33 heavy (non-hydrogen) atoms. The second-order valence-electron chi connectivity index (χ2n) is 8.51. The zero-order valence-electron chi connectivity index (χ0n) is 18.1. The van der Waals surface area contributed by atoms with Crippen LogP contribution in [0.1, 0.15) is 19.8 Å². The third-order valence-corrected chi connectivity index (χ3v) is 6.66. The first-order valence-electron chi connectivity index (χ1n) is 10.9. The van der Waals surface area contributed by atoms with Crippen LogP contribution in [-0.4, -0.2) is 44.4 Å². The van der Waals surface area contributed by atoms with Gasteiger partial charge in [-0.2, -0.15) is 9.67 Å². The van der Waals surface area contributed by atoms with E-state index in [2.05, 4.69) is 9.88 Å². The molecule has 6 rings (SSSR count). The van der Waals surface area contributed by atoms with Crippen LogP contribution >= 0.6 is 11.6 Å². The van der Waals surface area contributed by atoms with E-state index in [0.29, 0.717) is 21.9 Å². The number of rotatable bonds is 3. The second-order valence-corrected chi connectivity index (χ2v) is 8.95. The molecule has 0 N–H and O–H groups in total. The number of amides is 1. The first kappa shape index (κ1) is 20.0. The third kappa shape index (κ3) is 2.97. The maximum Gasteiger partial charge on any atom is 0.282 e. The molecule has 2 aromatic heterocycles. The van der Waals surface area contributed by atoms with Crippen LogP contribution < -0.4 is 15.4 Å². The number of nitrogens with zero attached hydrogens (tertiary/aromatic N) is 6. The Balaban J connectivity index is 1.62. The molecule has 1 unspecified atom stereocenters. The average Bonchev–Trinajstić information content (AvgIpc) is 3.62. The Morgan fingerprint density at radius 2 is 1.73 bits per heavy atom. The molecule has 1 amide bonds. The molecule has 0 bridgehead atoms. The molecule has 1 saturated carbocycles. The van der Waals surface area contributed by atoms with Crippen LogP contribution in [0.15, 0.2) is 59.5 Å². The van der Waals surface area contributed by atoms with E-state index in [1.807, 2.05) is 37.3 Å². The lowest BCUT2D eigenvalue weighted by atomic mass is 10.1. The number of benzene rings is 2. The van der Waals surface area contributed by atoms with E-state index in [1.54, 1.807) is 41.0 Å². The van der Waals surface area contributed by atoms with E-state index < -0.39 is 0 Å². The minimum absolute atomic E-state index is 0.0122. The SMILES string of the molecule is CC1C(=O)N(C)c2cnc(-n3c(=O)c4ccccc4n3-c3ccc(Cl)cc3)nc2N1C1CC1. The Hall–Kier alpha value is -3.65. The molecule has 2 aliphatic rings. The van der Waals surface area contributed by atoms with E-state index in [9.17, 15) is 9.59 Å². The molecule has 1 fully saturated rings. The van der Waals surface area contributed by atoms with E-state index in [0.717, 1.165) is 24.0 Å². The van der Waals surface area contributed by atoms with E-state index >= 15 is 0 Å². The van der Waals surface area contributed by atoms with Crippen LogP contribution in [0.3, 0.4) is 0 Å². The highest BCUT2D eigenvalue weighted by Gasteiger charge is 2.43. The summed E-state index contributed by atoms with van der Waals surface area (Å²) < 4.78 is 3.29. The minimum Gasteiger partial charge on any atom is -0.340 e. The number of para-hydroxylation sites is 1. The third-order valence-electron chi connectivity index (χ3n) is 6.40. The normalized spacial score (nSPS) is 18.2. The maximum atomic E-state index is 13.5. The van der Waals surface area contributed by atoms with Crippen molar-refractivity contribution in [1.29, 1.82) is 0 Å². The van der Waals surface area contributed by atoms with Crippen LogP contribution in [0.25, 0.3) is 22.5 Å². The smallest absolute Gasteiger partial charge is 0.282 e. The fraction of sp³-hybridized carbons (Fsp3) is 0.250. The lowest BCUT2D eigenvalue weighted by Crippen LogP contribution is -2.52. The van der Waals surface area contributed by atoms with Crippen molar-refractivity contribution >= 4 is 39.9 Å². The molecular formula is C24H21ClN6O2. The highest BCUT2D eigenvalue weighted by molar-refractivity contribution is 6.30. The van der Waals surface area contributed by atoms with Crippen LogP contribution in [-0.2, 0) is 4.79 Å². The van der Waals surface area contributed by atoms with Gasteiger partial charge in [-0.1, -0.05) is 23.7 Å². The van der Waals surface area contributed by atoms with Gasteiger partial charge in [-0.3, -0.25) is 9.59 Å². The van der Waals surface area contributed by atoms with Crippen molar-refractivity contribution in [3.05, 3.63) is 70.1 Å². The van der Waals surface area contributed by atoms with Gasteiger partial charge in [-0.25, -0.2) is 9.67 Å². The van der Waals surface area contributed by atoms with Crippen molar-refractivity contribution in [2.75, 3.05) is 16.8 Å². The topological polar surface area (TPSA) is 76.3 Å². The van der Waals surface area contributed by atoms with Gasteiger partial charge in [0.1, 0.15) is 11.7 Å². The van der Waals surface area contributed by atoms with Crippen molar-refractivity contribution in [3.63, 3.8) is 0 Å². The van der Waals surface area contributed by atoms with Crippen LogP contribution in [0.2, 0.25) is 5.02 Å². The van der Waals surface area contributed by atoms with Crippen LogP contribution in [0.4, 0.5) is 11.5 Å². The second kappa shape index (κ2) is 7.18. The summed E-state index contributed by atoms with van der Waals surface area (Å²) >= 11 is 6.11. The van der Waals surface area contributed by atoms with Gasteiger partial charge in [0, 0.05) is 18.1 Å².